The maximum absolute atomic E-state index is 13.3. The first-order valence-corrected chi connectivity index (χ1v) is 12.4. The van der Waals surface area contributed by atoms with E-state index < -0.39 is 23.8 Å². The molecule has 0 spiro atoms. The maximum atomic E-state index is 13.3. The fourth-order valence-corrected chi connectivity index (χ4v) is 4.26. The number of carbonyl (C=O) groups excluding carboxylic acids is 4. The highest BCUT2D eigenvalue weighted by Crippen LogP contribution is 2.37. The van der Waals surface area contributed by atoms with Crippen molar-refractivity contribution < 1.29 is 28.7 Å². The zero-order valence-electron chi connectivity index (χ0n) is 20.5. The predicted octanol–water partition coefficient (Wildman–Crippen LogP) is 5.65. The van der Waals surface area contributed by atoms with Crippen LogP contribution in [0, 0.1) is 6.92 Å². The van der Waals surface area contributed by atoms with Gasteiger partial charge in [-0.3, -0.25) is 19.7 Å². The van der Waals surface area contributed by atoms with Crippen molar-refractivity contribution in [2.75, 3.05) is 23.9 Å². The minimum atomic E-state index is -0.899. The van der Waals surface area contributed by atoms with Gasteiger partial charge in [-0.15, -0.1) is 0 Å². The van der Waals surface area contributed by atoms with Gasteiger partial charge < -0.3 is 14.8 Å². The molecular weight excluding hydrogens is 569 g/mol. The lowest BCUT2D eigenvalue weighted by molar-refractivity contribution is -0.122. The van der Waals surface area contributed by atoms with Crippen LogP contribution in [0.2, 0.25) is 15.1 Å². The Bertz CT molecular complexity index is 1520. The summed E-state index contributed by atoms with van der Waals surface area (Å²) in [6, 6.07) is 13.3. The molecule has 0 radical (unpaired) electrons. The number of rotatable bonds is 7. The van der Waals surface area contributed by atoms with Crippen molar-refractivity contribution in [3.05, 3.63) is 86.4 Å². The molecule has 1 aliphatic rings. The van der Waals surface area contributed by atoms with E-state index >= 15 is 0 Å². The molecule has 4 rings (SSSR count). The molecule has 0 aromatic heterocycles. The minimum absolute atomic E-state index is 0.0581. The van der Waals surface area contributed by atoms with E-state index in [4.69, 9.17) is 44.3 Å². The molecule has 12 heteroatoms. The average molecular weight is 589 g/mol. The lowest BCUT2D eigenvalue weighted by atomic mass is 10.1. The molecule has 5 amide bonds. The van der Waals surface area contributed by atoms with E-state index in [1.54, 1.807) is 43.3 Å². The van der Waals surface area contributed by atoms with Gasteiger partial charge >= 0.3 is 6.03 Å². The summed E-state index contributed by atoms with van der Waals surface area (Å²) in [6.07, 6.45) is 1.27. The second-order valence-corrected chi connectivity index (χ2v) is 9.55. The third kappa shape index (κ3) is 6.34. The number of aryl methyl sites for hydroxylation is 1. The standard InChI is InChI=1S/C27H20Cl3N3O6/c1-14-3-4-17(29)12-21(14)33-26(36)19(25(35)32-27(33)37)9-15-10-20(30)24(22(11-15)38-2)39-13-23(34)31-18-7-5-16(28)6-8-18/h3-12H,13H2,1-2H3,(H,31,34)(H,32,35,37)/b19-9+. The molecule has 0 bridgehead atoms. The van der Waals surface area contributed by atoms with Crippen molar-refractivity contribution in [2.24, 2.45) is 0 Å². The Kier molecular flexibility index (Phi) is 8.44. The van der Waals surface area contributed by atoms with Crippen LogP contribution in [0.4, 0.5) is 16.2 Å². The lowest BCUT2D eigenvalue weighted by Crippen LogP contribution is -2.54. The number of carbonyl (C=O) groups is 4. The topological polar surface area (TPSA) is 114 Å². The molecule has 3 aromatic carbocycles. The summed E-state index contributed by atoms with van der Waals surface area (Å²) in [5, 5.41) is 5.72. The summed E-state index contributed by atoms with van der Waals surface area (Å²) in [5.74, 6) is -1.94. The number of barbiturate groups is 1. The van der Waals surface area contributed by atoms with Crippen LogP contribution >= 0.6 is 34.8 Å². The zero-order valence-corrected chi connectivity index (χ0v) is 22.8. The number of methoxy groups -OCH3 is 1. The van der Waals surface area contributed by atoms with Crippen molar-refractivity contribution in [3.8, 4) is 11.5 Å². The van der Waals surface area contributed by atoms with Crippen LogP contribution in [0.25, 0.3) is 6.08 Å². The highest BCUT2D eigenvalue weighted by molar-refractivity contribution is 6.40. The highest BCUT2D eigenvalue weighted by atomic mass is 35.5. The number of halogens is 3. The van der Waals surface area contributed by atoms with E-state index in [0.29, 0.717) is 26.9 Å². The number of nitrogens with zero attached hydrogens (tertiary/aromatic N) is 1. The molecule has 200 valence electrons. The smallest absolute Gasteiger partial charge is 0.335 e. The van der Waals surface area contributed by atoms with Gasteiger partial charge in [-0.1, -0.05) is 40.9 Å². The van der Waals surface area contributed by atoms with E-state index in [1.807, 2.05) is 0 Å². The van der Waals surface area contributed by atoms with Crippen LogP contribution in [0.15, 0.2) is 60.2 Å². The van der Waals surface area contributed by atoms with Crippen molar-refractivity contribution in [1.29, 1.82) is 0 Å². The lowest BCUT2D eigenvalue weighted by Gasteiger charge is -2.27. The Balaban J connectivity index is 1.57. The molecule has 1 saturated heterocycles. The van der Waals surface area contributed by atoms with E-state index in [-0.39, 0.29) is 34.4 Å². The van der Waals surface area contributed by atoms with Crippen LogP contribution in [-0.4, -0.2) is 37.5 Å². The summed E-state index contributed by atoms with van der Waals surface area (Å²) < 4.78 is 10.9. The van der Waals surface area contributed by atoms with Gasteiger partial charge in [-0.05, 0) is 72.7 Å². The van der Waals surface area contributed by atoms with E-state index in [1.165, 1.54) is 31.4 Å². The molecule has 1 aliphatic heterocycles. The number of anilines is 2. The highest BCUT2D eigenvalue weighted by Gasteiger charge is 2.37. The molecule has 39 heavy (non-hydrogen) atoms. The summed E-state index contributed by atoms with van der Waals surface area (Å²) in [7, 11) is 1.37. The minimum Gasteiger partial charge on any atom is -0.493 e. The van der Waals surface area contributed by atoms with Gasteiger partial charge in [0.05, 0.1) is 17.8 Å². The Labute approximate surface area is 238 Å². The number of benzene rings is 3. The number of imide groups is 2. The predicted molar refractivity (Wildman–Crippen MR) is 149 cm³/mol. The molecule has 1 fully saturated rings. The van der Waals surface area contributed by atoms with Gasteiger partial charge in [-0.2, -0.15) is 0 Å². The number of hydrogen-bond donors (Lipinski definition) is 2. The Hall–Kier alpha value is -4.05. The number of hydrogen-bond acceptors (Lipinski definition) is 6. The van der Waals surface area contributed by atoms with Crippen LogP contribution in [0.5, 0.6) is 11.5 Å². The van der Waals surface area contributed by atoms with Gasteiger partial charge in [-0.25, -0.2) is 9.69 Å². The quantitative estimate of drug-likeness (QED) is 0.272. The second-order valence-electron chi connectivity index (χ2n) is 8.27. The number of nitrogens with one attached hydrogen (secondary N) is 2. The molecule has 3 aromatic rings. The Morgan fingerprint density at radius 2 is 1.69 bits per heavy atom. The second kappa shape index (κ2) is 11.8. The maximum Gasteiger partial charge on any atom is 0.335 e. The van der Waals surface area contributed by atoms with Crippen LogP contribution in [0.3, 0.4) is 0 Å². The normalized spacial score (nSPS) is 14.3. The third-order valence-electron chi connectivity index (χ3n) is 5.55. The summed E-state index contributed by atoms with van der Waals surface area (Å²) in [6.45, 7) is 1.32. The molecule has 0 unspecified atom stereocenters. The summed E-state index contributed by atoms with van der Waals surface area (Å²) in [4.78, 5) is 51.5. The van der Waals surface area contributed by atoms with Crippen LogP contribution < -0.4 is 25.0 Å². The fraction of sp³-hybridized carbons (Fsp3) is 0.111. The van der Waals surface area contributed by atoms with Crippen molar-refractivity contribution >= 4 is 76.0 Å². The Morgan fingerprint density at radius 3 is 2.38 bits per heavy atom. The largest absolute Gasteiger partial charge is 0.493 e. The van der Waals surface area contributed by atoms with Crippen LogP contribution in [-0.2, 0) is 14.4 Å². The Morgan fingerprint density at radius 1 is 1.00 bits per heavy atom. The third-order valence-corrected chi connectivity index (χ3v) is 6.32. The summed E-state index contributed by atoms with van der Waals surface area (Å²) >= 11 is 18.3. The van der Waals surface area contributed by atoms with Gasteiger partial charge in [0.15, 0.2) is 18.1 Å². The molecule has 0 saturated carbocycles. The number of ether oxygens (including phenoxy) is 2. The van der Waals surface area contributed by atoms with Crippen molar-refractivity contribution in [2.45, 2.75) is 6.92 Å². The molecule has 9 nitrogen and oxygen atoms in total. The first-order valence-electron chi connectivity index (χ1n) is 11.3. The SMILES string of the molecule is COc1cc(/C=C2\C(=O)NC(=O)N(c3cc(Cl)ccc3C)C2=O)cc(Cl)c1OCC(=O)Nc1ccc(Cl)cc1. The first-order chi connectivity index (χ1) is 18.6. The van der Waals surface area contributed by atoms with Gasteiger partial charge in [0, 0.05) is 15.7 Å². The van der Waals surface area contributed by atoms with E-state index in [0.717, 1.165) is 4.90 Å². The molecule has 1 heterocycles. The number of urea groups is 1. The summed E-state index contributed by atoms with van der Waals surface area (Å²) in [5.41, 5.74) is 1.36. The zero-order chi connectivity index (χ0) is 28.3. The fourth-order valence-electron chi connectivity index (χ4n) is 3.70. The van der Waals surface area contributed by atoms with Crippen molar-refractivity contribution in [1.82, 2.24) is 5.32 Å². The first kappa shape index (κ1) is 28.0. The van der Waals surface area contributed by atoms with Crippen molar-refractivity contribution in [3.63, 3.8) is 0 Å². The molecule has 0 atom stereocenters. The van der Waals surface area contributed by atoms with E-state index in [9.17, 15) is 19.2 Å². The van der Waals surface area contributed by atoms with Gasteiger partial charge in [0.25, 0.3) is 17.7 Å². The monoisotopic (exact) mass is 587 g/mol. The van der Waals surface area contributed by atoms with Gasteiger partial charge in [0.1, 0.15) is 5.57 Å². The molecular formula is C27H20Cl3N3O6. The van der Waals surface area contributed by atoms with Gasteiger partial charge in [0.2, 0.25) is 0 Å². The van der Waals surface area contributed by atoms with Crippen LogP contribution in [0.1, 0.15) is 11.1 Å². The van der Waals surface area contributed by atoms with E-state index in [2.05, 4.69) is 10.6 Å². The molecule has 0 aliphatic carbocycles. The molecule has 2 N–H and O–H groups in total. The average Bonchev–Trinajstić information content (AvgIpc) is 2.88. The number of amides is 5.